The SMILES string of the molecule is c1ccc(-c2ccc(-c3ccc(-n4c5ccccc5c5c6c7ccccc7n(-c7cc8c9ccccc9n9c%10ccccc%10c(c7)c89)c6ccc54)cc3)cc2)cc1. The molecule has 0 aliphatic rings. The molecule has 0 bridgehead atoms. The van der Waals surface area contributed by atoms with Crippen LogP contribution in [-0.2, 0) is 0 Å². The van der Waals surface area contributed by atoms with Crippen molar-refractivity contribution >= 4 is 81.7 Å². The first-order valence-electron chi connectivity index (χ1n) is 19.7. The van der Waals surface area contributed by atoms with E-state index in [4.69, 9.17) is 0 Å². The number of hydrogen-bond acceptors (Lipinski definition) is 0. The molecule has 0 N–H and O–H groups in total. The van der Waals surface area contributed by atoms with Crippen LogP contribution in [0.5, 0.6) is 0 Å². The zero-order valence-corrected chi connectivity index (χ0v) is 30.9. The van der Waals surface area contributed by atoms with Crippen molar-refractivity contribution in [2.24, 2.45) is 0 Å². The first kappa shape index (κ1) is 30.7. The van der Waals surface area contributed by atoms with Gasteiger partial charge >= 0.3 is 0 Å². The number of rotatable bonds is 4. The quantitative estimate of drug-likeness (QED) is 0.172. The van der Waals surface area contributed by atoms with Gasteiger partial charge in [-0.15, -0.1) is 0 Å². The fourth-order valence-corrected chi connectivity index (χ4v) is 9.93. The van der Waals surface area contributed by atoms with Gasteiger partial charge in [0.15, 0.2) is 0 Å². The zero-order chi connectivity index (χ0) is 37.2. The normalized spacial score (nSPS) is 12.2. The summed E-state index contributed by atoms with van der Waals surface area (Å²) in [4.78, 5) is 0. The molecule has 13 aromatic rings. The molecule has 0 unspecified atom stereocenters. The zero-order valence-electron chi connectivity index (χ0n) is 30.9. The Kier molecular flexibility index (Phi) is 6.16. The van der Waals surface area contributed by atoms with Crippen LogP contribution < -0.4 is 0 Å². The molecule has 3 nitrogen and oxygen atoms in total. The summed E-state index contributed by atoms with van der Waals surface area (Å²) in [6, 6.07) is 73.5. The third-order valence-corrected chi connectivity index (χ3v) is 12.4. The minimum Gasteiger partial charge on any atom is -0.309 e. The second kappa shape index (κ2) is 11.5. The molecule has 0 atom stereocenters. The molecule has 3 heteroatoms. The van der Waals surface area contributed by atoms with Crippen molar-refractivity contribution in [1.29, 1.82) is 0 Å². The van der Waals surface area contributed by atoms with E-state index in [1.807, 2.05) is 0 Å². The van der Waals surface area contributed by atoms with Crippen LogP contribution >= 0.6 is 0 Å². The maximum absolute atomic E-state index is 2.50. The van der Waals surface area contributed by atoms with Crippen LogP contribution in [0.1, 0.15) is 0 Å². The number of para-hydroxylation sites is 4. The Morgan fingerprint density at radius 2 is 0.632 bits per heavy atom. The van der Waals surface area contributed by atoms with Crippen LogP contribution in [0.3, 0.4) is 0 Å². The predicted octanol–water partition coefficient (Wildman–Crippen LogP) is 14.4. The van der Waals surface area contributed by atoms with Gasteiger partial charge < -0.3 is 13.5 Å². The first-order chi connectivity index (χ1) is 28.3. The Labute approximate surface area is 327 Å². The van der Waals surface area contributed by atoms with Crippen LogP contribution in [0, 0.1) is 0 Å². The Morgan fingerprint density at radius 1 is 0.246 bits per heavy atom. The van der Waals surface area contributed by atoms with Crippen molar-refractivity contribution in [2.75, 3.05) is 0 Å². The summed E-state index contributed by atoms with van der Waals surface area (Å²) >= 11 is 0. The highest BCUT2D eigenvalue weighted by Gasteiger charge is 2.23. The Balaban J connectivity index is 1.03. The number of fused-ring (bicyclic) bond motifs is 13. The second-order valence-electron chi connectivity index (χ2n) is 15.3. The molecule has 4 heterocycles. The van der Waals surface area contributed by atoms with Crippen molar-refractivity contribution in [3.8, 4) is 33.6 Å². The maximum atomic E-state index is 2.50. The van der Waals surface area contributed by atoms with Crippen LogP contribution in [0.4, 0.5) is 0 Å². The highest BCUT2D eigenvalue weighted by molar-refractivity contribution is 6.29. The van der Waals surface area contributed by atoms with Crippen LogP contribution in [0.2, 0.25) is 0 Å². The standard InChI is InChI=1S/C54H33N3/c1-2-12-34(13-3-1)35-22-24-36(25-23-35)37-26-28-38(29-27-37)55-48-20-10-6-16-42(48)52-50(55)30-31-51-53(52)43-17-7-11-21-49(43)56(51)39-32-44-40-14-4-8-18-46(40)57-47-19-9-5-15-41(47)45(33-39)54(44)57/h1-33H. The summed E-state index contributed by atoms with van der Waals surface area (Å²) in [6.45, 7) is 0. The number of nitrogens with zero attached hydrogens (tertiary/aromatic N) is 3. The molecule has 0 aliphatic carbocycles. The van der Waals surface area contributed by atoms with Crippen LogP contribution in [0.15, 0.2) is 200 Å². The maximum Gasteiger partial charge on any atom is 0.0622 e. The van der Waals surface area contributed by atoms with Gasteiger partial charge in [-0.3, -0.25) is 0 Å². The molecule has 0 fully saturated rings. The topological polar surface area (TPSA) is 14.3 Å². The summed E-state index contributed by atoms with van der Waals surface area (Å²) in [5.41, 5.74) is 15.8. The van der Waals surface area contributed by atoms with Gasteiger partial charge in [0.25, 0.3) is 0 Å². The van der Waals surface area contributed by atoms with E-state index in [2.05, 4.69) is 214 Å². The number of aromatic nitrogens is 3. The highest BCUT2D eigenvalue weighted by Crippen LogP contribution is 2.45. The van der Waals surface area contributed by atoms with Crippen molar-refractivity contribution in [3.05, 3.63) is 200 Å². The van der Waals surface area contributed by atoms with Crippen LogP contribution in [0.25, 0.3) is 115 Å². The highest BCUT2D eigenvalue weighted by atomic mass is 15.0. The fraction of sp³-hybridized carbons (Fsp3) is 0. The number of benzene rings is 9. The average Bonchev–Trinajstić information content (AvgIpc) is 4.01. The predicted molar refractivity (Wildman–Crippen MR) is 241 cm³/mol. The Hall–Kier alpha value is -7.62. The summed E-state index contributed by atoms with van der Waals surface area (Å²) in [7, 11) is 0. The lowest BCUT2D eigenvalue weighted by Gasteiger charge is -2.11. The molecule has 0 saturated heterocycles. The lowest BCUT2D eigenvalue weighted by molar-refractivity contribution is 1.18. The number of hydrogen-bond donors (Lipinski definition) is 0. The lowest BCUT2D eigenvalue weighted by Crippen LogP contribution is -1.95. The van der Waals surface area contributed by atoms with Crippen LogP contribution in [-0.4, -0.2) is 13.5 Å². The molecule has 57 heavy (non-hydrogen) atoms. The molecule has 4 aromatic heterocycles. The Morgan fingerprint density at radius 3 is 1.14 bits per heavy atom. The minimum atomic E-state index is 1.15. The summed E-state index contributed by atoms with van der Waals surface area (Å²) < 4.78 is 7.39. The summed E-state index contributed by atoms with van der Waals surface area (Å²) in [5.74, 6) is 0. The smallest absolute Gasteiger partial charge is 0.0622 e. The van der Waals surface area contributed by atoms with E-state index in [0.717, 1.165) is 5.69 Å². The van der Waals surface area contributed by atoms with Gasteiger partial charge in [0.2, 0.25) is 0 Å². The van der Waals surface area contributed by atoms with Gasteiger partial charge in [-0.1, -0.05) is 140 Å². The van der Waals surface area contributed by atoms with Crippen molar-refractivity contribution in [2.45, 2.75) is 0 Å². The second-order valence-corrected chi connectivity index (χ2v) is 15.3. The fourth-order valence-electron chi connectivity index (χ4n) is 9.93. The van der Waals surface area contributed by atoms with Crippen molar-refractivity contribution in [1.82, 2.24) is 13.5 Å². The third-order valence-electron chi connectivity index (χ3n) is 12.4. The molecular weight excluding hydrogens is 691 g/mol. The molecule has 9 aromatic carbocycles. The van der Waals surface area contributed by atoms with Gasteiger partial charge in [0.05, 0.1) is 38.6 Å². The summed E-state index contributed by atoms with van der Waals surface area (Å²) in [5, 5.41) is 10.2. The Bertz CT molecular complexity index is 3630. The average molecular weight is 724 g/mol. The molecule has 0 saturated carbocycles. The minimum absolute atomic E-state index is 1.15. The molecule has 0 radical (unpaired) electrons. The van der Waals surface area contributed by atoms with E-state index in [-0.39, 0.29) is 0 Å². The van der Waals surface area contributed by atoms with E-state index >= 15 is 0 Å². The first-order valence-corrected chi connectivity index (χ1v) is 19.7. The van der Waals surface area contributed by atoms with E-state index in [9.17, 15) is 0 Å². The molecule has 0 amide bonds. The molecule has 0 aliphatic heterocycles. The molecule has 13 rings (SSSR count). The monoisotopic (exact) mass is 723 g/mol. The van der Waals surface area contributed by atoms with Gasteiger partial charge in [-0.2, -0.15) is 0 Å². The largest absolute Gasteiger partial charge is 0.309 e. The molecule has 0 spiro atoms. The van der Waals surface area contributed by atoms with Gasteiger partial charge in [-0.05, 0) is 82.9 Å². The van der Waals surface area contributed by atoms with Crippen molar-refractivity contribution < 1.29 is 0 Å². The lowest BCUT2D eigenvalue weighted by atomic mass is 10.0. The molecular formula is C54H33N3. The van der Waals surface area contributed by atoms with Gasteiger partial charge in [-0.25, -0.2) is 0 Å². The van der Waals surface area contributed by atoms with E-state index in [1.54, 1.807) is 0 Å². The van der Waals surface area contributed by atoms with E-state index in [1.165, 1.54) is 110 Å². The summed E-state index contributed by atoms with van der Waals surface area (Å²) in [6.07, 6.45) is 0. The van der Waals surface area contributed by atoms with Gasteiger partial charge in [0.1, 0.15) is 0 Å². The molecule has 264 valence electrons. The van der Waals surface area contributed by atoms with E-state index in [0.29, 0.717) is 0 Å². The van der Waals surface area contributed by atoms with E-state index < -0.39 is 0 Å². The van der Waals surface area contributed by atoms with Crippen molar-refractivity contribution in [3.63, 3.8) is 0 Å². The third kappa shape index (κ3) is 4.20. The van der Waals surface area contributed by atoms with Gasteiger partial charge in [0, 0.05) is 54.5 Å².